The topological polar surface area (TPSA) is 16.1 Å². The van der Waals surface area contributed by atoms with Crippen LogP contribution in [0.1, 0.15) is 90.7 Å². The first-order valence-electron chi connectivity index (χ1n) is 10.6. The van der Waals surface area contributed by atoms with E-state index in [0.29, 0.717) is 16.7 Å². The smallest absolute Gasteiger partial charge is 0.185 e. The van der Waals surface area contributed by atoms with E-state index in [1.807, 2.05) is 11.3 Å². The average Bonchev–Trinajstić information content (AvgIpc) is 3.10. The minimum Gasteiger partial charge on any atom is -0.348 e. The summed E-state index contributed by atoms with van der Waals surface area (Å²) in [6.45, 7) is 12.5. The van der Waals surface area contributed by atoms with Crippen LogP contribution >= 0.6 is 11.3 Å². The molecule has 0 spiro atoms. The molecule has 0 N–H and O–H groups in total. The highest BCUT2D eigenvalue weighted by molar-refractivity contribution is 7.13. The number of piperidine rings is 1. The van der Waals surface area contributed by atoms with Crippen LogP contribution in [-0.2, 0) is 0 Å². The summed E-state index contributed by atoms with van der Waals surface area (Å²) >= 11 is 1.89. The minimum absolute atomic E-state index is 0.505. The van der Waals surface area contributed by atoms with Gasteiger partial charge in [0.25, 0.3) is 0 Å². The van der Waals surface area contributed by atoms with E-state index in [2.05, 4.69) is 38.0 Å². The maximum atomic E-state index is 5.12. The van der Waals surface area contributed by atoms with Crippen molar-refractivity contribution in [3.05, 3.63) is 11.1 Å². The summed E-state index contributed by atoms with van der Waals surface area (Å²) in [5.41, 5.74) is 2.44. The Labute approximate surface area is 158 Å². The first-order valence-corrected chi connectivity index (χ1v) is 11.5. The van der Waals surface area contributed by atoms with Gasteiger partial charge in [-0.1, -0.05) is 27.7 Å². The number of thiazole rings is 1. The Hall–Kier alpha value is -0.570. The van der Waals surface area contributed by atoms with Gasteiger partial charge in [-0.15, -0.1) is 11.3 Å². The fourth-order valence-corrected chi connectivity index (χ4v) is 6.91. The largest absolute Gasteiger partial charge is 0.348 e. The molecule has 2 nitrogen and oxygen atoms in total. The van der Waals surface area contributed by atoms with Crippen LogP contribution in [0.15, 0.2) is 5.38 Å². The van der Waals surface area contributed by atoms with Crippen LogP contribution < -0.4 is 4.90 Å². The van der Waals surface area contributed by atoms with Crippen LogP contribution in [0.25, 0.3) is 0 Å². The van der Waals surface area contributed by atoms with Gasteiger partial charge in [-0.05, 0) is 74.0 Å². The van der Waals surface area contributed by atoms with Crippen LogP contribution in [0.4, 0.5) is 5.13 Å². The van der Waals surface area contributed by atoms with Crippen LogP contribution in [0.3, 0.4) is 0 Å². The maximum absolute atomic E-state index is 5.12. The first-order chi connectivity index (χ1) is 11.9. The van der Waals surface area contributed by atoms with E-state index in [9.17, 15) is 0 Å². The number of rotatable bonds is 2. The van der Waals surface area contributed by atoms with Crippen LogP contribution in [-0.4, -0.2) is 18.1 Å². The third kappa shape index (κ3) is 3.38. The van der Waals surface area contributed by atoms with E-state index in [1.54, 1.807) is 0 Å². The van der Waals surface area contributed by atoms with Gasteiger partial charge in [-0.2, -0.15) is 0 Å². The summed E-state index contributed by atoms with van der Waals surface area (Å²) in [6.07, 6.45) is 11.0. The van der Waals surface area contributed by atoms with Gasteiger partial charge in [0.2, 0.25) is 0 Å². The molecular weight excluding hydrogens is 324 g/mol. The zero-order chi connectivity index (χ0) is 17.7. The number of hydrogen-bond acceptors (Lipinski definition) is 3. The van der Waals surface area contributed by atoms with Crippen LogP contribution in [0.5, 0.6) is 0 Å². The molecule has 1 aliphatic heterocycles. The monoisotopic (exact) mass is 360 g/mol. The molecule has 2 aliphatic carbocycles. The van der Waals surface area contributed by atoms with Crippen molar-refractivity contribution in [3.63, 3.8) is 0 Å². The van der Waals surface area contributed by atoms with Crippen molar-refractivity contribution in [2.24, 2.45) is 22.7 Å². The highest BCUT2D eigenvalue weighted by Gasteiger charge is 2.50. The number of hydrogen-bond donors (Lipinski definition) is 0. The van der Waals surface area contributed by atoms with E-state index in [0.717, 1.165) is 11.8 Å². The van der Waals surface area contributed by atoms with Gasteiger partial charge < -0.3 is 4.90 Å². The van der Waals surface area contributed by atoms with E-state index in [4.69, 9.17) is 4.98 Å². The lowest BCUT2D eigenvalue weighted by Gasteiger charge is -2.55. The number of nitrogens with zero attached hydrogens (tertiary/aromatic N) is 2. The summed E-state index contributed by atoms with van der Waals surface area (Å²) in [4.78, 5) is 7.65. The van der Waals surface area contributed by atoms with Gasteiger partial charge in [-0.25, -0.2) is 4.98 Å². The normalized spacial score (nSPS) is 34.6. The van der Waals surface area contributed by atoms with Crippen molar-refractivity contribution >= 4 is 16.5 Å². The molecular formula is C22H36N2S. The van der Waals surface area contributed by atoms with Crippen molar-refractivity contribution in [3.8, 4) is 0 Å². The fourth-order valence-electron chi connectivity index (χ4n) is 5.95. The molecule has 1 aromatic rings. The average molecular weight is 361 g/mol. The molecule has 0 bridgehead atoms. The summed E-state index contributed by atoms with van der Waals surface area (Å²) in [5, 5.41) is 3.68. The molecule has 0 amide bonds. The molecule has 2 saturated carbocycles. The molecule has 2 heterocycles. The lowest BCUT2D eigenvalue weighted by atomic mass is 9.49. The molecule has 3 fully saturated rings. The van der Waals surface area contributed by atoms with E-state index >= 15 is 0 Å². The predicted octanol–water partition coefficient (Wildman–Crippen LogP) is 6.48. The first kappa shape index (κ1) is 17.8. The second-order valence-corrected chi connectivity index (χ2v) is 11.1. The Bertz CT molecular complexity index is 597. The SMILES string of the molecule is CC1(C)CCC(C)(C)C2CC(c3csc(N4CCCCC4)n3)CCC21. The molecule has 3 heteroatoms. The number of fused-ring (bicyclic) bond motifs is 1. The second-order valence-electron chi connectivity index (χ2n) is 10.3. The predicted molar refractivity (Wildman–Crippen MR) is 109 cm³/mol. The summed E-state index contributed by atoms with van der Waals surface area (Å²) in [6, 6.07) is 0. The Morgan fingerprint density at radius 2 is 1.64 bits per heavy atom. The molecule has 4 rings (SSSR count). The maximum Gasteiger partial charge on any atom is 0.185 e. The highest BCUT2D eigenvalue weighted by Crippen LogP contribution is 2.59. The lowest BCUT2D eigenvalue weighted by Crippen LogP contribution is -2.46. The molecule has 0 radical (unpaired) electrons. The van der Waals surface area contributed by atoms with Crippen molar-refractivity contribution in [1.82, 2.24) is 4.98 Å². The van der Waals surface area contributed by atoms with Gasteiger partial charge in [-0.3, -0.25) is 0 Å². The molecule has 1 aromatic heterocycles. The third-order valence-electron chi connectivity index (χ3n) is 7.83. The molecule has 0 aromatic carbocycles. The second kappa shape index (κ2) is 6.55. The van der Waals surface area contributed by atoms with Crippen molar-refractivity contribution in [2.75, 3.05) is 18.0 Å². The van der Waals surface area contributed by atoms with Crippen molar-refractivity contribution < 1.29 is 0 Å². The van der Waals surface area contributed by atoms with Crippen molar-refractivity contribution in [2.45, 2.75) is 85.0 Å². The quantitative estimate of drug-likeness (QED) is 0.600. The van der Waals surface area contributed by atoms with Gasteiger partial charge in [0.05, 0.1) is 5.69 Å². The highest BCUT2D eigenvalue weighted by atomic mass is 32.1. The molecule has 140 valence electrons. The van der Waals surface area contributed by atoms with Crippen LogP contribution in [0.2, 0.25) is 0 Å². The van der Waals surface area contributed by atoms with Gasteiger partial charge in [0, 0.05) is 24.4 Å². The molecule has 3 atom stereocenters. The minimum atomic E-state index is 0.505. The summed E-state index contributed by atoms with van der Waals surface area (Å²) in [7, 11) is 0. The van der Waals surface area contributed by atoms with E-state index in [-0.39, 0.29) is 0 Å². The molecule has 3 aliphatic rings. The Morgan fingerprint density at radius 1 is 0.960 bits per heavy atom. The lowest BCUT2D eigenvalue weighted by molar-refractivity contribution is -0.0501. The van der Waals surface area contributed by atoms with Gasteiger partial charge in [0.15, 0.2) is 5.13 Å². The van der Waals surface area contributed by atoms with E-state index < -0.39 is 0 Å². The standard InChI is InChI=1S/C22H36N2S/c1-21(2)10-11-22(3,4)18-14-16(8-9-17(18)21)19-15-25-20(23-19)24-12-6-5-7-13-24/h15-18H,5-14H2,1-4H3. The Morgan fingerprint density at radius 3 is 2.36 bits per heavy atom. The zero-order valence-corrected chi connectivity index (χ0v) is 17.5. The Kier molecular flexibility index (Phi) is 4.67. The van der Waals surface area contributed by atoms with Crippen LogP contribution in [0, 0.1) is 22.7 Å². The zero-order valence-electron chi connectivity index (χ0n) is 16.7. The number of anilines is 1. The van der Waals surface area contributed by atoms with Crippen molar-refractivity contribution in [1.29, 1.82) is 0 Å². The fraction of sp³-hybridized carbons (Fsp3) is 0.864. The molecule has 1 saturated heterocycles. The molecule has 3 unspecified atom stereocenters. The third-order valence-corrected chi connectivity index (χ3v) is 8.75. The summed E-state index contributed by atoms with van der Waals surface area (Å²) < 4.78 is 0. The molecule has 25 heavy (non-hydrogen) atoms. The summed E-state index contributed by atoms with van der Waals surface area (Å²) in [5.74, 6) is 2.48. The van der Waals surface area contributed by atoms with Gasteiger partial charge >= 0.3 is 0 Å². The number of aromatic nitrogens is 1. The Balaban J connectivity index is 1.50. The van der Waals surface area contributed by atoms with Gasteiger partial charge in [0.1, 0.15) is 0 Å². The van der Waals surface area contributed by atoms with E-state index in [1.165, 1.54) is 75.3 Å².